The number of carboxylic acids is 1. The molecule has 94 valence electrons. The first-order valence-corrected chi connectivity index (χ1v) is 4.88. The van der Waals surface area contributed by atoms with Crippen molar-refractivity contribution in [2.45, 2.75) is 40.0 Å². The Hall–Kier alpha value is -2.05. The van der Waals surface area contributed by atoms with Gasteiger partial charge in [0.25, 0.3) is 0 Å². The second kappa shape index (κ2) is 6.41. The van der Waals surface area contributed by atoms with Gasteiger partial charge in [-0.2, -0.15) is 0 Å². The predicted octanol–water partition coefficient (Wildman–Crippen LogP) is 3.40. The van der Waals surface area contributed by atoms with Crippen molar-refractivity contribution in [2.24, 2.45) is 5.41 Å². The summed E-state index contributed by atoms with van der Waals surface area (Å²) in [5.41, 5.74) is 0.990. The molecule has 0 saturated heterocycles. The van der Waals surface area contributed by atoms with Gasteiger partial charge in [0.05, 0.1) is 6.42 Å². The Kier molecular flexibility index (Phi) is 6.59. The van der Waals surface area contributed by atoms with E-state index in [1.54, 1.807) is 6.08 Å². The molecule has 1 atom stereocenters. The third kappa shape index (κ3) is 7.05. The van der Waals surface area contributed by atoms with E-state index in [4.69, 9.17) is 5.11 Å². The van der Waals surface area contributed by atoms with E-state index >= 15 is 0 Å². The minimum atomic E-state index is -0.760. The van der Waals surface area contributed by atoms with E-state index in [2.05, 4.69) is 12.7 Å². The van der Waals surface area contributed by atoms with Crippen LogP contribution in [0.15, 0.2) is 24.3 Å². The molecule has 15 heavy (non-hydrogen) atoms. The Morgan fingerprint density at radius 2 is 2.00 bits per heavy atom. The molecule has 0 amide bonds. The summed E-state index contributed by atoms with van der Waals surface area (Å²) in [5.74, 6) is -0.760. The zero-order chi connectivity index (χ0) is 11.2. The zero-order valence-electron chi connectivity index (χ0n) is 9.61. The summed E-state index contributed by atoms with van der Waals surface area (Å²) >= 11 is 0. The molecule has 0 heterocycles. The largest absolute Gasteiger partial charge is 0.481 e. The molecule has 0 aliphatic rings. The fraction of sp³-hybridized carbons (Fsp3) is 0.583. The van der Waals surface area contributed by atoms with E-state index < -0.39 is 5.97 Å². The molecule has 3 heteroatoms. The van der Waals surface area contributed by atoms with Gasteiger partial charge in [0.15, 0.2) is 0 Å². The van der Waals surface area contributed by atoms with Crippen LogP contribution in [-0.2, 0) is 4.79 Å². The van der Waals surface area contributed by atoms with Crippen LogP contribution in [-0.4, -0.2) is 11.1 Å². The first kappa shape index (κ1) is 15.4. The van der Waals surface area contributed by atoms with Gasteiger partial charge in [-0.3, -0.25) is 4.79 Å². The van der Waals surface area contributed by atoms with Gasteiger partial charge in [-0.15, -0.1) is 6.58 Å². The standard InChI is InChI=1S/C12H20O2.No/c1-5-12(4,9-11(13)14)8-6-7-10(2)3;/h5,7H,1,6,8-9H2,2-4H3,(H,13,14);. The summed E-state index contributed by atoms with van der Waals surface area (Å²) in [6.07, 6.45) is 5.79. The SMILES string of the molecule is C=CC(C)(CCC=C(C)C)CC(=O)O.[No]. The molecule has 0 rings (SSSR count). The molecule has 1 N–H and O–H groups in total. The van der Waals surface area contributed by atoms with Gasteiger partial charge in [-0.05, 0) is 32.1 Å². The van der Waals surface area contributed by atoms with E-state index in [9.17, 15) is 4.79 Å². The number of carbonyl (C=O) groups is 1. The minimum absolute atomic E-state index is 0. The van der Waals surface area contributed by atoms with Crippen molar-refractivity contribution >= 4 is 5.97 Å². The fourth-order valence-corrected chi connectivity index (χ4v) is 1.30. The molecular formula is C12H20NoO2. The summed E-state index contributed by atoms with van der Waals surface area (Å²) in [7, 11) is 0. The molecule has 0 radical (unpaired) electrons. The number of allylic oxidation sites excluding steroid dienone is 3. The van der Waals surface area contributed by atoms with Gasteiger partial charge in [0.2, 0.25) is 0 Å². The average molecular weight is 455 g/mol. The van der Waals surface area contributed by atoms with E-state index in [0.717, 1.165) is 12.8 Å². The van der Waals surface area contributed by atoms with Crippen molar-refractivity contribution in [2.75, 3.05) is 0 Å². The molecule has 1 unspecified atom stereocenters. The monoisotopic (exact) mass is 455 g/mol. The summed E-state index contributed by atoms with van der Waals surface area (Å²) in [4.78, 5) is 10.6. The van der Waals surface area contributed by atoms with Crippen LogP contribution in [0, 0.1) is 5.41 Å². The van der Waals surface area contributed by atoms with Gasteiger partial charge in [0, 0.05) is 0 Å². The molecule has 0 aliphatic heterocycles. The number of rotatable bonds is 6. The summed E-state index contributed by atoms with van der Waals surface area (Å²) in [6.45, 7) is 9.73. The molecule has 0 saturated carbocycles. The smallest absolute Gasteiger partial charge is 0.304 e. The number of hydrogen-bond acceptors (Lipinski definition) is 1. The first-order valence-electron chi connectivity index (χ1n) is 4.88. The van der Waals surface area contributed by atoms with Crippen molar-refractivity contribution in [1.82, 2.24) is 0 Å². The summed E-state index contributed by atoms with van der Waals surface area (Å²) in [6, 6.07) is 0. The van der Waals surface area contributed by atoms with Crippen LogP contribution in [0.2, 0.25) is 0 Å². The normalized spacial score (nSPS) is 13.3. The first-order chi connectivity index (χ1) is 6.39. The average Bonchev–Trinajstić information content (AvgIpc) is 2.02. The van der Waals surface area contributed by atoms with Gasteiger partial charge < -0.3 is 5.11 Å². The van der Waals surface area contributed by atoms with E-state index in [-0.39, 0.29) is 11.8 Å². The predicted molar refractivity (Wildman–Crippen MR) is 59.2 cm³/mol. The topological polar surface area (TPSA) is 37.3 Å². The number of aliphatic carboxylic acids is 1. The maximum atomic E-state index is 10.6. The van der Waals surface area contributed by atoms with Gasteiger partial charge >= 0.3 is 5.97 Å². The summed E-state index contributed by atoms with van der Waals surface area (Å²) in [5, 5.41) is 8.73. The van der Waals surface area contributed by atoms with Crippen LogP contribution in [0.25, 0.3) is 0 Å². The molecule has 0 aliphatic carbocycles. The Balaban J connectivity index is 0. The zero-order valence-corrected chi connectivity index (χ0v) is 11.8. The number of carboxylic acid groups (broad SMARTS) is 1. The van der Waals surface area contributed by atoms with Crippen LogP contribution in [0.3, 0.4) is 0 Å². The minimum Gasteiger partial charge on any atom is -0.481 e. The molecule has 0 aromatic carbocycles. The van der Waals surface area contributed by atoms with Crippen molar-refractivity contribution in [1.29, 1.82) is 0 Å². The molecule has 0 bridgehead atoms. The summed E-state index contributed by atoms with van der Waals surface area (Å²) < 4.78 is 0. The van der Waals surface area contributed by atoms with Crippen LogP contribution in [0.4, 0.5) is 0 Å². The second-order valence-electron chi connectivity index (χ2n) is 4.25. The van der Waals surface area contributed by atoms with E-state index in [0.29, 0.717) is 0 Å². The molecule has 0 fully saturated rings. The molecular weight excluding hydrogens is 435 g/mol. The van der Waals surface area contributed by atoms with Crippen molar-refractivity contribution in [3.05, 3.63) is 24.3 Å². The Morgan fingerprint density at radius 3 is 2.33 bits per heavy atom. The Morgan fingerprint density at radius 1 is 1.47 bits per heavy atom. The van der Waals surface area contributed by atoms with E-state index in [1.165, 1.54) is 5.57 Å². The van der Waals surface area contributed by atoms with E-state index in [1.807, 2.05) is 20.8 Å². The second-order valence-corrected chi connectivity index (χ2v) is 4.25. The third-order valence-corrected chi connectivity index (χ3v) is 2.32. The Labute approximate surface area is 86.3 Å². The van der Waals surface area contributed by atoms with Crippen molar-refractivity contribution in [3.63, 3.8) is 0 Å². The van der Waals surface area contributed by atoms with Crippen LogP contribution >= 0.6 is 0 Å². The molecule has 0 aromatic rings. The van der Waals surface area contributed by atoms with Crippen molar-refractivity contribution < 1.29 is 9.90 Å². The van der Waals surface area contributed by atoms with Crippen LogP contribution in [0.1, 0.15) is 40.0 Å². The molecule has 0 aromatic heterocycles. The van der Waals surface area contributed by atoms with Crippen molar-refractivity contribution in [3.8, 4) is 0 Å². The Bertz CT molecular complexity index is 242. The molecule has 2 nitrogen and oxygen atoms in total. The van der Waals surface area contributed by atoms with Gasteiger partial charge in [-0.25, -0.2) is 0 Å². The fourth-order valence-electron chi connectivity index (χ4n) is 1.30. The van der Waals surface area contributed by atoms with Crippen LogP contribution < -0.4 is 0 Å². The van der Waals surface area contributed by atoms with Gasteiger partial charge in [0.1, 0.15) is 0 Å². The van der Waals surface area contributed by atoms with Gasteiger partial charge in [-0.1, -0.05) is 24.6 Å². The van der Waals surface area contributed by atoms with Crippen LogP contribution in [0.5, 0.6) is 0 Å². The maximum absolute atomic E-state index is 10.6. The molecule has 0 spiro atoms. The maximum Gasteiger partial charge on any atom is 0.304 e. The number of hydrogen-bond donors (Lipinski definition) is 1. The quantitative estimate of drug-likeness (QED) is 0.624. The third-order valence-electron chi connectivity index (χ3n) is 2.32.